The molecule has 1 aromatic rings. The number of rotatable bonds is 9. The molecule has 120 valence electrons. The predicted molar refractivity (Wildman–Crippen MR) is 82.1 cm³/mol. The summed E-state index contributed by atoms with van der Waals surface area (Å²) in [6.45, 7) is 3.56. The number of carbonyl (C=O) groups is 2. The zero-order valence-corrected chi connectivity index (χ0v) is 12.9. The van der Waals surface area contributed by atoms with Crippen molar-refractivity contribution in [1.29, 1.82) is 0 Å². The highest BCUT2D eigenvalue weighted by Gasteiger charge is 2.35. The first-order chi connectivity index (χ1) is 10.3. The van der Waals surface area contributed by atoms with Crippen LogP contribution in [-0.2, 0) is 14.2 Å². The van der Waals surface area contributed by atoms with Gasteiger partial charge in [-0.05, 0) is 12.0 Å². The van der Waals surface area contributed by atoms with Gasteiger partial charge < -0.3 is 15.1 Å². The lowest BCUT2D eigenvalue weighted by atomic mass is 10.1. The van der Waals surface area contributed by atoms with Gasteiger partial charge in [0.1, 0.15) is 0 Å². The molecule has 3 atom stereocenters. The molecule has 0 aliphatic rings. The van der Waals surface area contributed by atoms with Gasteiger partial charge in [0, 0.05) is 12.6 Å². The number of carboxylic acids is 2. The van der Waals surface area contributed by atoms with E-state index in [2.05, 4.69) is 6.58 Å². The standard InChI is InChI=1S/C15H19O6P/c1-2-13(11-6-4-3-5-7-11)22(20,21)10-12(15(18)19)8-9-14(16)17/h2-7,12-13H,1,8-10H2,(H,16,17)(H,18,19)(H,20,21). The van der Waals surface area contributed by atoms with Crippen molar-refractivity contribution in [2.75, 3.05) is 6.16 Å². The maximum atomic E-state index is 12.6. The molecule has 7 heteroatoms. The molecule has 0 amide bonds. The normalized spacial score (nSPS) is 16.2. The summed E-state index contributed by atoms with van der Waals surface area (Å²) >= 11 is 0. The molecule has 0 bridgehead atoms. The largest absolute Gasteiger partial charge is 0.481 e. The maximum absolute atomic E-state index is 12.6. The molecule has 22 heavy (non-hydrogen) atoms. The lowest BCUT2D eigenvalue weighted by Gasteiger charge is -2.23. The first kappa shape index (κ1) is 18.1. The molecule has 0 fully saturated rings. The molecule has 3 N–H and O–H groups in total. The van der Waals surface area contributed by atoms with E-state index >= 15 is 0 Å². The molecular weight excluding hydrogens is 307 g/mol. The van der Waals surface area contributed by atoms with Crippen LogP contribution >= 0.6 is 7.37 Å². The van der Waals surface area contributed by atoms with E-state index in [0.29, 0.717) is 5.56 Å². The second kappa shape index (κ2) is 7.92. The van der Waals surface area contributed by atoms with Gasteiger partial charge in [0.25, 0.3) is 0 Å². The van der Waals surface area contributed by atoms with Crippen molar-refractivity contribution >= 4 is 19.3 Å². The number of hydrogen-bond donors (Lipinski definition) is 3. The number of aliphatic carboxylic acids is 2. The second-order valence-electron chi connectivity index (χ2n) is 5.00. The molecule has 0 heterocycles. The van der Waals surface area contributed by atoms with Gasteiger partial charge in [-0.15, -0.1) is 6.58 Å². The molecule has 0 spiro atoms. The molecular formula is C15H19O6P. The van der Waals surface area contributed by atoms with Crippen molar-refractivity contribution in [1.82, 2.24) is 0 Å². The molecule has 0 saturated heterocycles. The van der Waals surface area contributed by atoms with Crippen LogP contribution < -0.4 is 0 Å². The highest BCUT2D eigenvalue weighted by molar-refractivity contribution is 7.58. The number of benzene rings is 1. The maximum Gasteiger partial charge on any atom is 0.307 e. The summed E-state index contributed by atoms with van der Waals surface area (Å²) in [5.41, 5.74) is -0.300. The Morgan fingerprint density at radius 1 is 1.23 bits per heavy atom. The Kier molecular flexibility index (Phi) is 6.53. The first-order valence-electron chi connectivity index (χ1n) is 6.71. The quantitative estimate of drug-likeness (QED) is 0.475. The van der Waals surface area contributed by atoms with Crippen LogP contribution in [0.5, 0.6) is 0 Å². The van der Waals surface area contributed by atoms with Gasteiger partial charge in [0.15, 0.2) is 0 Å². The van der Waals surface area contributed by atoms with Crippen molar-refractivity contribution < 1.29 is 29.3 Å². The van der Waals surface area contributed by atoms with Gasteiger partial charge in [-0.2, -0.15) is 0 Å². The Balaban J connectivity index is 2.94. The van der Waals surface area contributed by atoms with Gasteiger partial charge in [0.05, 0.1) is 11.6 Å². The summed E-state index contributed by atoms with van der Waals surface area (Å²) in [5.74, 6) is -3.59. The smallest absolute Gasteiger partial charge is 0.307 e. The number of hydrogen-bond acceptors (Lipinski definition) is 3. The Hall–Kier alpha value is -1.91. The predicted octanol–water partition coefficient (Wildman–Crippen LogP) is 2.75. The summed E-state index contributed by atoms with van der Waals surface area (Å²) in [6, 6.07) is 8.53. The molecule has 3 unspecified atom stereocenters. The lowest BCUT2D eigenvalue weighted by molar-refractivity contribution is -0.142. The summed E-state index contributed by atoms with van der Waals surface area (Å²) in [7, 11) is -3.89. The summed E-state index contributed by atoms with van der Waals surface area (Å²) in [5, 5.41) is 17.8. The SMILES string of the molecule is C=CC(c1ccccc1)P(=O)(O)CC(CCC(=O)O)C(=O)O. The lowest BCUT2D eigenvalue weighted by Crippen LogP contribution is -2.20. The fourth-order valence-electron chi connectivity index (χ4n) is 2.20. The Morgan fingerprint density at radius 3 is 2.27 bits per heavy atom. The molecule has 1 rings (SSSR count). The highest BCUT2D eigenvalue weighted by atomic mass is 31.2. The van der Waals surface area contributed by atoms with Gasteiger partial charge >= 0.3 is 11.9 Å². The Morgan fingerprint density at radius 2 is 1.82 bits per heavy atom. The van der Waals surface area contributed by atoms with Crippen LogP contribution in [0.1, 0.15) is 24.1 Å². The third-order valence-corrected chi connectivity index (χ3v) is 5.68. The second-order valence-corrected chi connectivity index (χ2v) is 7.43. The van der Waals surface area contributed by atoms with E-state index in [1.54, 1.807) is 30.3 Å². The van der Waals surface area contributed by atoms with Crippen LogP contribution in [0, 0.1) is 5.92 Å². The van der Waals surface area contributed by atoms with E-state index in [9.17, 15) is 19.0 Å². The highest BCUT2D eigenvalue weighted by Crippen LogP contribution is 2.57. The minimum Gasteiger partial charge on any atom is -0.481 e. The van der Waals surface area contributed by atoms with Crippen LogP contribution in [0.15, 0.2) is 43.0 Å². The van der Waals surface area contributed by atoms with E-state index in [1.165, 1.54) is 6.08 Å². The van der Waals surface area contributed by atoms with E-state index in [0.717, 1.165) is 0 Å². The zero-order chi connectivity index (χ0) is 16.8. The molecule has 0 aromatic heterocycles. The fraction of sp³-hybridized carbons (Fsp3) is 0.333. The van der Waals surface area contributed by atoms with Crippen LogP contribution in [-0.4, -0.2) is 33.2 Å². The van der Waals surface area contributed by atoms with Crippen LogP contribution in [0.2, 0.25) is 0 Å². The minimum absolute atomic E-state index is 0.187. The van der Waals surface area contributed by atoms with Crippen molar-refractivity contribution in [3.05, 3.63) is 48.6 Å². The van der Waals surface area contributed by atoms with Crippen LogP contribution in [0.4, 0.5) is 0 Å². The topological polar surface area (TPSA) is 112 Å². The van der Waals surface area contributed by atoms with Crippen molar-refractivity contribution in [3.63, 3.8) is 0 Å². The molecule has 0 aliphatic carbocycles. The van der Waals surface area contributed by atoms with Crippen molar-refractivity contribution in [2.24, 2.45) is 5.92 Å². The van der Waals surface area contributed by atoms with Gasteiger partial charge in [-0.3, -0.25) is 14.2 Å². The van der Waals surface area contributed by atoms with Crippen LogP contribution in [0.3, 0.4) is 0 Å². The van der Waals surface area contributed by atoms with Gasteiger partial charge in [-0.1, -0.05) is 36.4 Å². The Bertz CT molecular complexity index is 583. The Labute approximate surface area is 128 Å². The van der Waals surface area contributed by atoms with E-state index in [1.807, 2.05) is 0 Å². The molecule has 1 aromatic carbocycles. The van der Waals surface area contributed by atoms with E-state index < -0.39 is 37.0 Å². The third kappa shape index (κ3) is 5.13. The molecule has 0 saturated carbocycles. The summed E-state index contributed by atoms with van der Waals surface area (Å²) in [6.07, 6.45) is 0.294. The first-order valence-corrected chi connectivity index (χ1v) is 8.63. The average Bonchev–Trinajstić information content (AvgIpc) is 2.44. The van der Waals surface area contributed by atoms with E-state index in [4.69, 9.17) is 10.2 Å². The summed E-state index contributed by atoms with van der Waals surface area (Å²) in [4.78, 5) is 32.0. The van der Waals surface area contributed by atoms with Gasteiger partial charge in [-0.25, -0.2) is 0 Å². The zero-order valence-electron chi connectivity index (χ0n) is 12.0. The van der Waals surface area contributed by atoms with Crippen LogP contribution in [0.25, 0.3) is 0 Å². The van der Waals surface area contributed by atoms with Crippen molar-refractivity contribution in [3.8, 4) is 0 Å². The number of carboxylic acid groups (broad SMARTS) is 2. The molecule has 0 aliphatic heterocycles. The monoisotopic (exact) mass is 326 g/mol. The number of allylic oxidation sites excluding steroid dienone is 1. The van der Waals surface area contributed by atoms with E-state index in [-0.39, 0.29) is 12.8 Å². The average molecular weight is 326 g/mol. The third-order valence-electron chi connectivity index (χ3n) is 3.34. The fourth-order valence-corrected chi connectivity index (χ4v) is 4.37. The minimum atomic E-state index is -3.89. The van der Waals surface area contributed by atoms with Gasteiger partial charge in [0.2, 0.25) is 7.37 Å². The van der Waals surface area contributed by atoms with Crippen molar-refractivity contribution in [2.45, 2.75) is 18.5 Å². The molecule has 0 radical (unpaired) electrons. The molecule has 6 nitrogen and oxygen atoms in total. The summed E-state index contributed by atoms with van der Waals surface area (Å²) < 4.78 is 12.6.